The van der Waals surface area contributed by atoms with Gasteiger partial charge in [0.1, 0.15) is 11.6 Å². The normalized spacial score (nSPS) is 15.8. The standard InChI is InChI=1S/C16H21N5O2/c1-2-14-17-15(19-18-14)11-20-7-9-21(10-8-20)13-5-3-12(4-6-13)16(22)23/h3-6H,2,7-11H2,1H3,(H,22,23)(H,17,18,19). The molecule has 1 fully saturated rings. The van der Waals surface area contributed by atoms with Crippen LogP contribution >= 0.6 is 0 Å². The fraction of sp³-hybridized carbons (Fsp3) is 0.438. The lowest BCUT2D eigenvalue weighted by Crippen LogP contribution is -2.46. The Morgan fingerprint density at radius 1 is 1.22 bits per heavy atom. The number of aromatic carboxylic acids is 1. The van der Waals surface area contributed by atoms with Gasteiger partial charge in [-0.3, -0.25) is 10.00 Å². The second-order valence-electron chi connectivity index (χ2n) is 5.67. The van der Waals surface area contributed by atoms with Crippen molar-refractivity contribution in [1.29, 1.82) is 0 Å². The summed E-state index contributed by atoms with van der Waals surface area (Å²) in [5.41, 5.74) is 1.40. The van der Waals surface area contributed by atoms with Crippen LogP contribution in [-0.4, -0.2) is 57.3 Å². The van der Waals surface area contributed by atoms with Crippen molar-refractivity contribution in [2.24, 2.45) is 0 Å². The number of rotatable bonds is 5. The molecule has 0 unspecified atom stereocenters. The Labute approximate surface area is 134 Å². The van der Waals surface area contributed by atoms with Gasteiger partial charge in [0.15, 0.2) is 0 Å². The minimum absolute atomic E-state index is 0.324. The van der Waals surface area contributed by atoms with Crippen molar-refractivity contribution in [3.8, 4) is 0 Å². The maximum absolute atomic E-state index is 10.9. The molecule has 122 valence electrons. The van der Waals surface area contributed by atoms with Crippen LogP contribution < -0.4 is 4.90 Å². The van der Waals surface area contributed by atoms with Crippen molar-refractivity contribution >= 4 is 11.7 Å². The van der Waals surface area contributed by atoms with Crippen LogP contribution in [0.4, 0.5) is 5.69 Å². The lowest BCUT2D eigenvalue weighted by atomic mass is 10.2. The van der Waals surface area contributed by atoms with Gasteiger partial charge < -0.3 is 10.0 Å². The molecule has 2 aromatic rings. The number of aromatic amines is 1. The van der Waals surface area contributed by atoms with Gasteiger partial charge in [-0.2, -0.15) is 5.10 Å². The Bertz CT molecular complexity index is 659. The Kier molecular flexibility index (Phi) is 4.57. The molecule has 1 aliphatic rings. The molecule has 0 aliphatic carbocycles. The molecule has 1 aromatic carbocycles. The maximum Gasteiger partial charge on any atom is 0.335 e. The van der Waals surface area contributed by atoms with Gasteiger partial charge in [0.25, 0.3) is 0 Å². The monoisotopic (exact) mass is 315 g/mol. The van der Waals surface area contributed by atoms with E-state index in [1.54, 1.807) is 12.1 Å². The molecule has 7 nitrogen and oxygen atoms in total. The van der Waals surface area contributed by atoms with E-state index in [0.29, 0.717) is 5.56 Å². The number of hydrogen-bond acceptors (Lipinski definition) is 5. The van der Waals surface area contributed by atoms with E-state index in [0.717, 1.165) is 56.5 Å². The number of hydrogen-bond donors (Lipinski definition) is 2. The highest BCUT2D eigenvalue weighted by molar-refractivity contribution is 5.88. The fourth-order valence-electron chi connectivity index (χ4n) is 2.75. The van der Waals surface area contributed by atoms with Crippen LogP contribution in [0.1, 0.15) is 28.9 Å². The molecule has 0 bridgehead atoms. The van der Waals surface area contributed by atoms with Crippen LogP contribution in [0.2, 0.25) is 0 Å². The first kappa shape index (κ1) is 15.5. The van der Waals surface area contributed by atoms with Crippen LogP contribution in [-0.2, 0) is 13.0 Å². The molecule has 0 radical (unpaired) electrons. The SMILES string of the molecule is CCc1n[nH]c(CN2CCN(c3ccc(C(=O)O)cc3)CC2)n1. The summed E-state index contributed by atoms with van der Waals surface area (Å²) in [6.45, 7) is 6.56. The van der Waals surface area contributed by atoms with E-state index >= 15 is 0 Å². The molecule has 0 spiro atoms. The maximum atomic E-state index is 10.9. The van der Waals surface area contributed by atoms with Crippen molar-refractivity contribution in [3.63, 3.8) is 0 Å². The first-order chi connectivity index (χ1) is 11.2. The zero-order valence-electron chi connectivity index (χ0n) is 13.2. The van der Waals surface area contributed by atoms with Gasteiger partial charge in [-0.1, -0.05) is 6.92 Å². The third-order valence-electron chi connectivity index (χ3n) is 4.12. The van der Waals surface area contributed by atoms with Crippen molar-refractivity contribution in [2.75, 3.05) is 31.1 Å². The minimum atomic E-state index is -0.889. The van der Waals surface area contributed by atoms with Crippen LogP contribution in [0.15, 0.2) is 24.3 Å². The van der Waals surface area contributed by atoms with Crippen molar-refractivity contribution in [3.05, 3.63) is 41.5 Å². The second kappa shape index (κ2) is 6.78. The molecule has 1 saturated heterocycles. The summed E-state index contributed by atoms with van der Waals surface area (Å²) in [5, 5.41) is 16.1. The van der Waals surface area contributed by atoms with E-state index < -0.39 is 5.97 Å². The van der Waals surface area contributed by atoms with E-state index in [1.165, 1.54) is 0 Å². The molecule has 0 atom stereocenters. The Hall–Kier alpha value is -2.41. The van der Waals surface area contributed by atoms with Gasteiger partial charge in [0.05, 0.1) is 12.1 Å². The van der Waals surface area contributed by atoms with Gasteiger partial charge in [0, 0.05) is 38.3 Å². The molecule has 1 aromatic heterocycles. The van der Waals surface area contributed by atoms with Crippen LogP contribution in [0.3, 0.4) is 0 Å². The zero-order valence-corrected chi connectivity index (χ0v) is 13.2. The summed E-state index contributed by atoms with van der Waals surface area (Å²) in [7, 11) is 0. The number of carboxylic acids is 1. The summed E-state index contributed by atoms with van der Waals surface area (Å²) in [6.07, 6.45) is 0.844. The first-order valence-corrected chi connectivity index (χ1v) is 7.86. The second-order valence-corrected chi connectivity index (χ2v) is 5.67. The number of nitrogens with zero attached hydrogens (tertiary/aromatic N) is 4. The highest BCUT2D eigenvalue weighted by atomic mass is 16.4. The Morgan fingerprint density at radius 3 is 2.48 bits per heavy atom. The predicted octanol–water partition coefficient (Wildman–Crippen LogP) is 1.39. The number of piperazine rings is 1. The van der Waals surface area contributed by atoms with Crippen LogP contribution in [0.25, 0.3) is 0 Å². The predicted molar refractivity (Wildman–Crippen MR) is 86.7 cm³/mol. The topological polar surface area (TPSA) is 85.4 Å². The quantitative estimate of drug-likeness (QED) is 0.867. The van der Waals surface area contributed by atoms with Gasteiger partial charge in [0.2, 0.25) is 0 Å². The Morgan fingerprint density at radius 2 is 1.91 bits per heavy atom. The summed E-state index contributed by atoms with van der Waals surface area (Å²) in [4.78, 5) is 20.0. The van der Waals surface area contributed by atoms with E-state index in [2.05, 4.69) is 25.0 Å². The molecule has 2 N–H and O–H groups in total. The summed E-state index contributed by atoms with van der Waals surface area (Å²) >= 11 is 0. The number of benzene rings is 1. The average Bonchev–Trinajstić information content (AvgIpc) is 3.03. The number of aromatic nitrogens is 3. The number of carboxylic acid groups (broad SMARTS) is 1. The summed E-state index contributed by atoms with van der Waals surface area (Å²) in [5.74, 6) is 0.887. The molecule has 7 heteroatoms. The fourth-order valence-corrected chi connectivity index (χ4v) is 2.75. The first-order valence-electron chi connectivity index (χ1n) is 7.86. The van der Waals surface area contributed by atoms with Crippen LogP contribution in [0, 0.1) is 0 Å². The van der Waals surface area contributed by atoms with E-state index in [9.17, 15) is 4.79 Å². The summed E-state index contributed by atoms with van der Waals surface area (Å²) < 4.78 is 0. The molecular weight excluding hydrogens is 294 g/mol. The van der Waals surface area contributed by atoms with Crippen molar-refractivity contribution in [2.45, 2.75) is 19.9 Å². The molecule has 3 rings (SSSR count). The number of aryl methyl sites for hydroxylation is 1. The largest absolute Gasteiger partial charge is 0.478 e. The highest BCUT2D eigenvalue weighted by Crippen LogP contribution is 2.18. The summed E-state index contributed by atoms with van der Waals surface area (Å²) in [6, 6.07) is 7.07. The molecule has 23 heavy (non-hydrogen) atoms. The Balaban J connectivity index is 1.54. The molecule has 1 aliphatic heterocycles. The van der Waals surface area contributed by atoms with Crippen LogP contribution in [0.5, 0.6) is 0 Å². The minimum Gasteiger partial charge on any atom is -0.478 e. The number of carbonyl (C=O) groups is 1. The zero-order chi connectivity index (χ0) is 16.2. The van der Waals surface area contributed by atoms with Gasteiger partial charge in [-0.05, 0) is 24.3 Å². The van der Waals surface area contributed by atoms with Gasteiger partial charge in [-0.25, -0.2) is 9.78 Å². The van der Waals surface area contributed by atoms with Gasteiger partial charge in [-0.15, -0.1) is 0 Å². The third-order valence-corrected chi connectivity index (χ3v) is 4.12. The highest BCUT2D eigenvalue weighted by Gasteiger charge is 2.18. The molecule has 0 saturated carbocycles. The smallest absolute Gasteiger partial charge is 0.335 e. The van der Waals surface area contributed by atoms with E-state index in [1.807, 2.05) is 19.1 Å². The van der Waals surface area contributed by atoms with E-state index in [-0.39, 0.29) is 0 Å². The molecular formula is C16H21N5O2. The number of H-pyrrole nitrogens is 1. The van der Waals surface area contributed by atoms with Crippen molar-refractivity contribution < 1.29 is 9.90 Å². The lowest BCUT2D eigenvalue weighted by Gasteiger charge is -2.35. The molecule has 2 heterocycles. The average molecular weight is 315 g/mol. The van der Waals surface area contributed by atoms with E-state index in [4.69, 9.17) is 5.11 Å². The number of anilines is 1. The van der Waals surface area contributed by atoms with Gasteiger partial charge >= 0.3 is 5.97 Å². The lowest BCUT2D eigenvalue weighted by molar-refractivity contribution is 0.0697. The van der Waals surface area contributed by atoms with Crippen molar-refractivity contribution in [1.82, 2.24) is 20.1 Å². The molecule has 0 amide bonds. The third kappa shape index (κ3) is 3.68. The number of nitrogens with one attached hydrogen (secondary N) is 1.